The molecule has 0 radical (unpaired) electrons. The first-order valence-corrected chi connectivity index (χ1v) is 6.39. The molecular weight excluding hydrogens is 276 g/mol. The Morgan fingerprint density at radius 1 is 1.29 bits per heavy atom. The number of aryl methyl sites for hydroxylation is 1. The Hall–Kier alpha value is -2.39. The van der Waals surface area contributed by atoms with Gasteiger partial charge in [0, 0.05) is 6.92 Å². The summed E-state index contributed by atoms with van der Waals surface area (Å²) in [6, 6.07) is -0.403. The van der Waals surface area contributed by atoms with Gasteiger partial charge in [-0.2, -0.15) is 9.47 Å². The highest BCUT2D eigenvalue weighted by molar-refractivity contribution is 6.04. The fourth-order valence-electron chi connectivity index (χ4n) is 2.48. The predicted molar refractivity (Wildman–Crippen MR) is 70.1 cm³/mol. The number of hydrogen-bond acceptors (Lipinski definition) is 6. The van der Waals surface area contributed by atoms with E-state index in [9.17, 15) is 9.59 Å². The van der Waals surface area contributed by atoms with Crippen LogP contribution >= 0.6 is 0 Å². The van der Waals surface area contributed by atoms with E-state index in [1.165, 1.54) is 0 Å². The van der Waals surface area contributed by atoms with Gasteiger partial charge in [0.25, 0.3) is 5.70 Å². The van der Waals surface area contributed by atoms with Gasteiger partial charge in [-0.1, -0.05) is 5.16 Å². The van der Waals surface area contributed by atoms with Gasteiger partial charge in [0.2, 0.25) is 18.1 Å². The molecule has 1 aromatic rings. The summed E-state index contributed by atoms with van der Waals surface area (Å²) in [4.78, 5) is 32.6. The monoisotopic (exact) mass is 292 g/mol. The van der Waals surface area contributed by atoms with E-state index < -0.39 is 11.9 Å². The number of amides is 3. The number of aliphatic imine (C=N–C) groups is 1. The van der Waals surface area contributed by atoms with Crippen LogP contribution in [0.3, 0.4) is 0 Å². The van der Waals surface area contributed by atoms with Crippen LogP contribution in [0.1, 0.15) is 11.7 Å². The first-order chi connectivity index (χ1) is 9.74. The Morgan fingerprint density at radius 3 is 2.62 bits per heavy atom. The highest BCUT2D eigenvalue weighted by atomic mass is 16.5. The summed E-state index contributed by atoms with van der Waals surface area (Å²) in [5.74, 6) is 0.936. The molecule has 2 aliphatic heterocycles. The zero-order chi connectivity index (χ0) is 15.4. The van der Waals surface area contributed by atoms with Crippen molar-refractivity contribution in [2.24, 2.45) is 4.99 Å². The molecule has 0 saturated carbocycles. The van der Waals surface area contributed by atoms with Crippen molar-refractivity contribution in [3.05, 3.63) is 23.2 Å². The average molecular weight is 292 g/mol. The molecular formula is C12H16N6O3+2. The second-order valence-electron chi connectivity index (χ2n) is 5.79. The van der Waals surface area contributed by atoms with E-state index in [0.29, 0.717) is 29.8 Å². The molecule has 0 aliphatic carbocycles. The van der Waals surface area contributed by atoms with Gasteiger partial charge in [-0.05, 0) is 0 Å². The molecule has 2 aliphatic rings. The molecule has 0 fully saturated rings. The zero-order valence-corrected chi connectivity index (χ0v) is 12.2. The van der Waals surface area contributed by atoms with E-state index in [2.05, 4.69) is 20.4 Å². The van der Waals surface area contributed by atoms with Crippen LogP contribution in [0.25, 0.3) is 0 Å². The van der Waals surface area contributed by atoms with E-state index in [0.717, 1.165) is 0 Å². The SMILES string of the molecule is Cc1nc(C[N+]2(C)C=NC3=C2C(=O)NC(=O)[N+]3(C)C)no1. The summed E-state index contributed by atoms with van der Waals surface area (Å²) in [6.07, 6.45) is 1.62. The Bertz CT molecular complexity index is 716. The summed E-state index contributed by atoms with van der Waals surface area (Å²) in [6.45, 7) is 2.02. The normalized spacial score (nSPS) is 27.0. The minimum Gasteiger partial charge on any atom is -0.339 e. The topological polar surface area (TPSA) is 97.5 Å². The van der Waals surface area contributed by atoms with Crippen molar-refractivity contribution in [3.8, 4) is 0 Å². The van der Waals surface area contributed by atoms with Crippen molar-refractivity contribution < 1.29 is 23.1 Å². The number of aromatic nitrogens is 2. The van der Waals surface area contributed by atoms with Gasteiger partial charge >= 0.3 is 17.8 Å². The average Bonchev–Trinajstić information content (AvgIpc) is 2.92. The van der Waals surface area contributed by atoms with Crippen molar-refractivity contribution in [1.82, 2.24) is 15.5 Å². The molecule has 3 heterocycles. The summed E-state index contributed by atoms with van der Waals surface area (Å²) in [5, 5.41) is 6.21. The van der Waals surface area contributed by atoms with Crippen LogP contribution in [0, 0.1) is 6.92 Å². The summed E-state index contributed by atoms with van der Waals surface area (Å²) >= 11 is 0. The summed E-state index contributed by atoms with van der Waals surface area (Å²) < 4.78 is 4.91. The third kappa shape index (κ3) is 1.89. The van der Waals surface area contributed by atoms with Gasteiger partial charge in [0.1, 0.15) is 0 Å². The van der Waals surface area contributed by atoms with Gasteiger partial charge in [-0.25, -0.2) is 14.6 Å². The number of likely N-dealkylation sites (N-methyl/N-ethyl adjacent to an activating group) is 1. The van der Waals surface area contributed by atoms with Crippen LogP contribution in [0.4, 0.5) is 4.79 Å². The van der Waals surface area contributed by atoms with E-state index in [1.807, 2.05) is 7.05 Å². The van der Waals surface area contributed by atoms with Gasteiger partial charge in [0.05, 0.1) is 21.1 Å². The fraction of sp³-hybridized carbons (Fsp3) is 0.417. The highest BCUT2D eigenvalue weighted by Crippen LogP contribution is 2.33. The first-order valence-electron chi connectivity index (χ1n) is 6.39. The van der Waals surface area contributed by atoms with Gasteiger partial charge in [0.15, 0.2) is 6.54 Å². The quantitative estimate of drug-likeness (QED) is 0.765. The van der Waals surface area contributed by atoms with Gasteiger partial charge in [-0.3, -0.25) is 4.79 Å². The Labute approximate surface area is 120 Å². The number of urea groups is 1. The third-order valence-electron chi connectivity index (χ3n) is 3.67. The predicted octanol–water partition coefficient (Wildman–Crippen LogP) is -0.138. The van der Waals surface area contributed by atoms with Crippen LogP contribution in [0.5, 0.6) is 0 Å². The molecule has 0 spiro atoms. The lowest BCUT2D eigenvalue weighted by molar-refractivity contribution is -0.805. The van der Waals surface area contributed by atoms with Crippen LogP contribution in [-0.4, -0.2) is 58.5 Å². The van der Waals surface area contributed by atoms with E-state index in [1.54, 1.807) is 27.4 Å². The minimum absolute atomic E-state index is 0.0924. The number of carbonyl (C=O) groups excluding carboxylic acids is 2. The molecule has 21 heavy (non-hydrogen) atoms. The van der Waals surface area contributed by atoms with Crippen LogP contribution < -0.4 is 5.32 Å². The third-order valence-corrected chi connectivity index (χ3v) is 3.67. The number of imide groups is 1. The lowest BCUT2D eigenvalue weighted by atomic mass is 10.2. The molecule has 0 saturated heterocycles. The Balaban J connectivity index is 2.04. The Morgan fingerprint density at radius 2 is 2.00 bits per heavy atom. The second-order valence-corrected chi connectivity index (χ2v) is 5.79. The first kappa shape index (κ1) is 13.6. The molecule has 0 aromatic carbocycles. The molecule has 110 valence electrons. The lowest BCUT2D eigenvalue weighted by Crippen LogP contribution is -2.59. The molecule has 0 bridgehead atoms. The lowest BCUT2D eigenvalue weighted by Gasteiger charge is -2.31. The standard InChI is InChI=1S/C12H15N6O3/c1-7-14-8(16-21-7)5-18(4)6-13-10-9(18)11(19)15-12(20)17(10,2)3/h6H,5H2,1-4H3/q+1/p+1. The molecule has 1 N–H and O–H groups in total. The number of quaternary nitrogens is 2. The molecule has 1 aromatic heterocycles. The second kappa shape index (κ2) is 4.06. The van der Waals surface area contributed by atoms with Crippen LogP contribution in [0.15, 0.2) is 21.0 Å². The van der Waals surface area contributed by atoms with Crippen molar-refractivity contribution >= 4 is 18.3 Å². The minimum atomic E-state index is -0.437. The number of rotatable bonds is 2. The number of hydrogen-bond donors (Lipinski definition) is 1. The zero-order valence-electron chi connectivity index (χ0n) is 12.2. The molecule has 9 nitrogen and oxygen atoms in total. The van der Waals surface area contributed by atoms with Gasteiger partial charge in [-0.15, -0.1) is 4.99 Å². The summed E-state index contributed by atoms with van der Waals surface area (Å²) in [7, 11) is 5.18. The maximum absolute atomic E-state index is 12.2. The number of carbonyl (C=O) groups is 2. The van der Waals surface area contributed by atoms with Crippen LogP contribution in [-0.2, 0) is 11.3 Å². The molecule has 3 rings (SSSR count). The number of nitrogens with one attached hydrogen (secondary N) is 1. The van der Waals surface area contributed by atoms with Crippen molar-refractivity contribution in [2.45, 2.75) is 13.5 Å². The molecule has 9 heteroatoms. The molecule has 1 unspecified atom stereocenters. The van der Waals surface area contributed by atoms with E-state index >= 15 is 0 Å². The van der Waals surface area contributed by atoms with Crippen molar-refractivity contribution in [3.63, 3.8) is 0 Å². The maximum atomic E-state index is 12.2. The Kier molecular flexibility index (Phi) is 2.62. The molecule has 1 atom stereocenters. The fourth-order valence-corrected chi connectivity index (χ4v) is 2.48. The van der Waals surface area contributed by atoms with E-state index in [4.69, 9.17) is 4.52 Å². The van der Waals surface area contributed by atoms with Crippen LogP contribution in [0.2, 0.25) is 0 Å². The van der Waals surface area contributed by atoms with Gasteiger partial charge < -0.3 is 4.52 Å². The molecule has 3 amide bonds. The largest absolute Gasteiger partial charge is 0.429 e. The maximum Gasteiger partial charge on any atom is 0.429 e. The number of nitrogens with zero attached hydrogens (tertiary/aromatic N) is 5. The highest BCUT2D eigenvalue weighted by Gasteiger charge is 2.54. The van der Waals surface area contributed by atoms with E-state index in [-0.39, 0.29) is 8.97 Å². The summed E-state index contributed by atoms with van der Waals surface area (Å²) in [5.41, 5.74) is 0.419. The van der Waals surface area contributed by atoms with Crippen molar-refractivity contribution in [1.29, 1.82) is 0 Å². The smallest absolute Gasteiger partial charge is 0.339 e. The van der Waals surface area contributed by atoms with Crippen molar-refractivity contribution in [2.75, 3.05) is 21.1 Å².